The van der Waals surface area contributed by atoms with Gasteiger partial charge in [0.25, 0.3) is 5.91 Å². The first kappa shape index (κ1) is 22.1. The maximum Gasteiger partial charge on any atom is 0.407 e. The second-order valence-corrected chi connectivity index (χ2v) is 8.94. The maximum absolute atomic E-state index is 13.1. The van der Waals surface area contributed by atoms with Gasteiger partial charge in [-0.25, -0.2) is 4.79 Å². The van der Waals surface area contributed by atoms with Gasteiger partial charge in [0.2, 0.25) is 0 Å². The molecule has 174 valence electrons. The number of carboxylic acid groups (broad SMARTS) is 1. The Morgan fingerprint density at radius 3 is 2.06 bits per heavy atom. The molecule has 0 spiro atoms. The number of amides is 2. The van der Waals surface area contributed by atoms with E-state index in [4.69, 9.17) is 0 Å². The van der Waals surface area contributed by atoms with Crippen LogP contribution in [-0.2, 0) is 0 Å². The highest BCUT2D eigenvalue weighted by Crippen LogP contribution is 2.35. The SMILES string of the molecule is O=C(O)N1C[C@@H]2CN(C(=O)c3cccnc3)CCN2[C@H](C(c2ccccc2)c2ccccc2)C1. The topological polar surface area (TPSA) is 77.0 Å². The summed E-state index contributed by atoms with van der Waals surface area (Å²) < 4.78 is 0. The van der Waals surface area contributed by atoms with Crippen LogP contribution in [-0.4, -0.2) is 81.6 Å². The zero-order valence-corrected chi connectivity index (χ0v) is 18.9. The van der Waals surface area contributed by atoms with Gasteiger partial charge < -0.3 is 14.9 Å². The molecular formula is C27H28N4O3. The van der Waals surface area contributed by atoms with Gasteiger partial charge in [0.1, 0.15) is 0 Å². The number of carbonyl (C=O) groups excluding carboxylic acids is 1. The van der Waals surface area contributed by atoms with E-state index in [1.54, 1.807) is 24.5 Å². The number of aromatic nitrogens is 1. The minimum Gasteiger partial charge on any atom is -0.465 e. The van der Waals surface area contributed by atoms with E-state index in [9.17, 15) is 14.7 Å². The molecule has 2 aromatic carbocycles. The van der Waals surface area contributed by atoms with E-state index < -0.39 is 6.09 Å². The second kappa shape index (κ2) is 9.65. The quantitative estimate of drug-likeness (QED) is 0.651. The molecule has 3 aromatic rings. The van der Waals surface area contributed by atoms with E-state index in [-0.39, 0.29) is 23.9 Å². The average Bonchev–Trinajstić information content (AvgIpc) is 2.89. The summed E-state index contributed by atoms with van der Waals surface area (Å²) in [5.74, 6) is -0.0351. The van der Waals surface area contributed by atoms with Crippen molar-refractivity contribution in [3.05, 3.63) is 102 Å². The molecule has 0 saturated carbocycles. The van der Waals surface area contributed by atoms with Crippen LogP contribution in [0, 0.1) is 0 Å². The van der Waals surface area contributed by atoms with Crippen LogP contribution >= 0.6 is 0 Å². The first-order chi connectivity index (χ1) is 16.6. The summed E-state index contributed by atoms with van der Waals surface area (Å²) >= 11 is 0. The fourth-order valence-corrected chi connectivity index (χ4v) is 5.40. The van der Waals surface area contributed by atoms with Crippen LogP contribution in [0.5, 0.6) is 0 Å². The van der Waals surface area contributed by atoms with Crippen molar-refractivity contribution in [2.45, 2.75) is 18.0 Å². The largest absolute Gasteiger partial charge is 0.465 e. The van der Waals surface area contributed by atoms with Crippen molar-refractivity contribution < 1.29 is 14.7 Å². The molecule has 2 fully saturated rings. The molecule has 2 amide bonds. The van der Waals surface area contributed by atoms with Crippen LogP contribution < -0.4 is 0 Å². The molecule has 5 rings (SSSR count). The molecule has 7 heteroatoms. The lowest BCUT2D eigenvalue weighted by Crippen LogP contribution is -2.68. The standard InChI is InChI=1S/C27H28N4O3/c32-26(22-12-7-13-28-16-22)29-14-15-31-23(17-29)18-30(27(33)34)19-24(31)25(20-8-3-1-4-9-20)21-10-5-2-6-11-21/h1-13,16,23-25H,14-15,17-19H2,(H,33,34)/t23-,24-/m0/s1. The van der Waals surface area contributed by atoms with Crippen molar-refractivity contribution in [2.75, 3.05) is 32.7 Å². The van der Waals surface area contributed by atoms with Gasteiger partial charge in [0.15, 0.2) is 0 Å². The lowest BCUT2D eigenvalue weighted by Gasteiger charge is -2.53. The highest BCUT2D eigenvalue weighted by atomic mass is 16.4. The van der Waals surface area contributed by atoms with Crippen LogP contribution in [0.2, 0.25) is 0 Å². The molecule has 3 heterocycles. The van der Waals surface area contributed by atoms with E-state index >= 15 is 0 Å². The second-order valence-electron chi connectivity index (χ2n) is 8.94. The van der Waals surface area contributed by atoms with E-state index in [1.807, 2.05) is 41.3 Å². The van der Waals surface area contributed by atoms with Crippen LogP contribution in [0.25, 0.3) is 0 Å². The van der Waals surface area contributed by atoms with E-state index in [0.717, 1.165) is 0 Å². The highest BCUT2D eigenvalue weighted by Gasteiger charge is 2.44. The minimum absolute atomic E-state index is 0.0209. The summed E-state index contributed by atoms with van der Waals surface area (Å²) in [5, 5.41) is 9.94. The average molecular weight is 457 g/mol. The number of pyridine rings is 1. The Kier molecular flexibility index (Phi) is 6.27. The van der Waals surface area contributed by atoms with Gasteiger partial charge in [-0.15, -0.1) is 0 Å². The first-order valence-corrected chi connectivity index (χ1v) is 11.6. The Hall–Kier alpha value is -3.71. The van der Waals surface area contributed by atoms with Crippen LogP contribution in [0.15, 0.2) is 85.2 Å². The molecular weight excluding hydrogens is 428 g/mol. The predicted octanol–water partition coefficient (Wildman–Crippen LogP) is 3.40. The summed E-state index contributed by atoms with van der Waals surface area (Å²) in [4.78, 5) is 35.1. The monoisotopic (exact) mass is 456 g/mol. The molecule has 1 aromatic heterocycles. The van der Waals surface area contributed by atoms with E-state index in [2.05, 4.69) is 34.1 Å². The number of carbonyl (C=O) groups is 2. The van der Waals surface area contributed by atoms with Gasteiger partial charge in [-0.1, -0.05) is 60.7 Å². The molecule has 0 bridgehead atoms. The first-order valence-electron chi connectivity index (χ1n) is 11.6. The Morgan fingerprint density at radius 1 is 0.824 bits per heavy atom. The fourth-order valence-electron chi connectivity index (χ4n) is 5.40. The Labute approximate surface area is 199 Å². The third-order valence-electron chi connectivity index (χ3n) is 6.96. The van der Waals surface area contributed by atoms with Crippen LogP contribution in [0.3, 0.4) is 0 Å². The van der Waals surface area contributed by atoms with Gasteiger partial charge in [-0.3, -0.25) is 14.7 Å². The van der Waals surface area contributed by atoms with Crippen molar-refractivity contribution in [1.82, 2.24) is 19.7 Å². The lowest BCUT2D eigenvalue weighted by molar-refractivity contribution is -0.0208. The number of hydrogen-bond donors (Lipinski definition) is 1. The Morgan fingerprint density at radius 2 is 1.47 bits per heavy atom. The zero-order chi connectivity index (χ0) is 23.5. The number of piperazine rings is 2. The summed E-state index contributed by atoms with van der Waals surface area (Å²) in [7, 11) is 0. The molecule has 0 aliphatic carbocycles. The van der Waals surface area contributed by atoms with E-state index in [1.165, 1.54) is 16.0 Å². The van der Waals surface area contributed by atoms with Crippen LogP contribution in [0.4, 0.5) is 4.79 Å². The van der Waals surface area contributed by atoms with E-state index in [0.29, 0.717) is 38.3 Å². The molecule has 2 aliphatic rings. The number of nitrogens with zero attached hydrogens (tertiary/aromatic N) is 4. The number of fused-ring (bicyclic) bond motifs is 1. The molecule has 2 atom stereocenters. The van der Waals surface area contributed by atoms with Crippen LogP contribution in [0.1, 0.15) is 27.4 Å². The summed E-state index contributed by atoms with van der Waals surface area (Å²) in [6.45, 7) is 2.61. The van der Waals surface area contributed by atoms with Gasteiger partial charge in [0, 0.05) is 63.1 Å². The summed E-state index contributed by atoms with van der Waals surface area (Å²) in [5.41, 5.74) is 2.89. The number of benzene rings is 2. The van der Waals surface area contributed by atoms with Crippen molar-refractivity contribution in [2.24, 2.45) is 0 Å². The predicted molar refractivity (Wildman–Crippen MR) is 129 cm³/mol. The van der Waals surface area contributed by atoms with Gasteiger partial charge in [0.05, 0.1) is 5.56 Å². The molecule has 2 aliphatic heterocycles. The molecule has 34 heavy (non-hydrogen) atoms. The smallest absolute Gasteiger partial charge is 0.407 e. The lowest BCUT2D eigenvalue weighted by atomic mass is 9.82. The molecule has 1 N–H and O–H groups in total. The normalized spacial score (nSPS) is 20.7. The van der Waals surface area contributed by atoms with Gasteiger partial charge >= 0.3 is 6.09 Å². The molecule has 2 saturated heterocycles. The molecule has 0 unspecified atom stereocenters. The third-order valence-corrected chi connectivity index (χ3v) is 6.96. The van der Waals surface area contributed by atoms with Crippen molar-refractivity contribution in [1.29, 1.82) is 0 Å². The van der Waals surface area contributed by atoms with Gasteiger partial charge in [-0.2, -0.15) is 0 Å². The maximum atomic E-state index is 13.1. The Balaban J connectivity index is 1.47. The Bertz CT molecular complexity index is 1090. The zero-order valence-electron chi connectivity index (χ0n) is 18.9. The van der Waals surface area contributed by atoms with Crippen molar-refractivity contribution >= 4 is 12.0 Å². The van der Waals surface area contributed by atoms with Crippen molar-refractivity contribution in [3.63, 3.8) is 0 Å². The van der Waals surface area contributed by atoms with Gasteiger partial charge in [-0.05, 0) is 23.3 Å². The molecule has 7 nitrogen and oxygen atoms in total. The number of rotatable bonds is 4. The molecule has 0 radical (unpaired) electrons. The summed E-state index contributed by atoms with van der Waals surface area (Å²) in [6, 6.07) is 24.0. The number of hydrogen-bond acceptors (Lipinski definition) is 4. The highest BCUT2D eigenvalue weighted by molar-refractivity contribution is 5.94. The summed E-state index contributed by atoms with van der Waals surface area (Å²) in [6.07, 6.45) is 2.32. The minimum atomic E-state index is -0.916. The third kappa shape index (κ3) is 4.39. The van der Waals surface area contributed by atoms with Crippen molar-refractivity contribution in [3.8, 4) is 0 Å². The fraction of sp³-hybridized carbons (Fsp3) is 0.296.